The normalized spacial score (nSPS) is 11.0. The third-order valence-electron chi connectivity index (χ3n) is 1.73. The standard InChI is InChI=1S/C8H15N3/c1-6(2)11-5-8(4-9)10-7(11)3/h5-6H,4,9H2,1-3H3. The van der Waals surface area contributed by atoms with Crippen LogP contribution in [0, 0.1) is 6.92 Å². The molecule has 3 nitrogen and oxygen atoms in total. The second-order valence-corrected chi connectivity index (χ2v) is 2.98. The molecule has 0 aliphatic heterocycles. The molecule has 0 aromatic carbocycles. The van der Waals surface area contributed by atoms with E-state index in [1.165, 1.54) is 0 Å². The van der Waals surface area contributed by atoms with Gasteiger partial charge in [0.25, 0.3) is 0 Å². The van der Waals surface area contributed by atoms with Crippen LogP contribution in [-0.2, 0) is 6.54 Å². The summed E-state index contributed by atoms with van der Waals surface area (Å²) in [4.78, 5) is 4.29. The van der Waals surface area contributed by atoms with Gasteiger partial charge in [0.15, 0.2) is 0 Å². The lowest BCUT2D eigenvalue weighted by Crippen LogP contribution is -2.00. The maximum absolute atomic E-state index is 5.46. The zero-order valence-electron chi connectivity index (χ0n) is 7.33. The molecule has 0 aliphatic carbocycles. The molecule has 0 radical (unpaired) electrons. The van der Waals surface area contributed by atoms with E-state index in [1.54, 1.807) is 0 Å². The van der Waals surface area contributed by atoms with Gasteiger partial charge in [-0.15, -0.1) is 0 Å². The predicted molar refractivity (Wildman–Crippen MR) is 45.2 cm³/mol. The van der Waals surface area contributed by atoms with Gasteiger partial charge in [0, 0.05) is 18.8 Å². The maximum atomic E-state index is 5.46. The Labute approximate surface area is 67.2 Å². The molecule has 1 aromatic rings. The van der Waals surface area contributed by atoms with E-state index < -0.39 is 0 Å². The third kappa shape index (κ3) is 1.60. The van der Waals surface area contributed by atoms with Crippen molar-refractivity contribution in [2.75, 3.05) is 0 Å². The van der Waals surface area contributed by atoms with Gasteiger partial charge in [0.1, 0.15) is 5.82 Å². The zero-order valence-corrected chi connectivity index (χ0v) is 7.33. The number of rotatable bonds is 2. The number of hydrogen-bond acceptors (Lipinski definition) is 2. The molecule has 1 rings (SSSR count). The van der Waals surface area contributed by atoms with Crippen LogP contribution in [0.25, 0.3) is 0 Å². The SMILES string of the molecule is Cc1nc(CN)cn1C(C)C. The molecule has 11 heavy (non-hydrogen) atoms. The van der Waals surface area contributed by atoms with Crippen molar-refractivity contribution in [1.82, 2.24) is 9.55 Å². The fourth-order valence-electron chi connectivity index (χ4n) is 1.17. The van der Waals surface area contributed by atoms with Crippen LogP contribution in [0.5, 0.6) is 0 Å². The van der Waals surface area contributed by atoms with Crippen LogP contribution in [-0.4, -0.2) is 9.55 Å². The van der Waals surface area contributed by atoms with Crippen molar-refractivity contribution in [2.45, 2.75) is 33.4 Å². The van der Waals surface area contributed by atoms with Gasteiger partial charge in [0.2, 0.25) is 0 Å². The third-order valence-corrected chi connectivity index (χ3v) is 1.73. The molecule has 1 heterocycles. The van der Waals surface area contributed by atoms with Crippen molar-refractivity contribution >= 4 is 0 Å². The summed E-state index contributed by atoms with van der Waals surface area (Å²) in [6, 6.07) is 0.475. The van der Waals surface area contributed by atoms with Gasteiger partial charge < -0.3 is 10.3 Å². The molecular formula is C8H15N3. The lowest BCUT2D eigenvalue weighted by molar-refractivity contribution is 0.582. The van der Waals surface area contributed by atoms with Crippen LogP contribution in [0.15, 0.2) is 6.20 Å². The highest BCUT2D eigenvalue weighted by atomic mass is 15.1. The minimum Gasteiger partial charge on any atom is -0.332 e. The maximum Gasteiger partial charge on any atom is 0.106 e. The van der Waals surface area contributed by atoms with E-state index >= 15 is 0 Å². The zero-order chi connectivity index (χ0) is 8.43. The molecule has 0 spiro atoms. The fraction of sp³-hybridized carbons (Fsp3) is 0.625. The molecule has 0 saturated carbocycles. The Morgan fingerprint density at radius 3 is 2.55 bits per heavy atom. The van der Waals surface area contributed by atoms with Crippen molar-refractivity contribution in [3.8, 4) is 0 Å². The van der Waals surface area contributed by atoms with E-state index in [4.69, 9.17) is 5.73 Å². The summed E-state index contributed by atoms with van der Waals surface area (Å²) in [6.07, 6.45) is 2.01. The Hall–Kier alpha value is -0.830. The van der Waals surface area contributed by atoms with Crippen molar-refractivity contribution in [2.24, 2.45) is 5.73 Å². The summed E-state index contributed by atoms with van der Waals surface area (Å²) in [5, 5.41) is 0. The first-order valence-corrected chi connectivity index (χ1v) is 3.89. The highest BCUT2D eigenvalue weighted by Crippen LogP contribution is 2.09. The minimum atomic E-state index is 0.475. The van der Waals surface area contributed by atoms with Crippen LogP contribution in [0.4, 0.5) is 0 Å². The van der Waals surface area contributed by atoms with Crippen molar-refractivity contribution in [1.29, 1.82) is 0 Å². The summed E-state index contributed by atoms with van der Waals surface area (Å²) in [5.74, 6) is 1.04. The predicted octanol–water partition coefficient (Wildman–Crippen LogP) is 1.23. The average molecular weight is 153 g/mol. The molecule has 0 saturated heterocycles. The van der Waals surface area contributed by atoms with Gasteiger partial charge in [0.05, 0.1) is 5.69 Å². The van der Waals surface area contributed by atoms with Gasteiger partial charge >= 0.3 is 0 Å². The minimum absolute atomic E-state index is 0.475. The second kappa shape index (κ2) is 3.05. The van der Waals surface area contributed by atoms with Crippen molar-refractivity contribution in [3.05, 3.63) is 17.7 Å². The molecule has 0 unspecified atom stereocenters. The van der Waals surface area contributed by atoms with E-state index in [0.717, 1.165) is 11.5 Å². The van der Waals surface area contributed by atoms with Crippen LogP contribution >= 0.6 is 0 Å². The van der Waals surface area contributed by atoms with Crippen LogP contribution in [0.2, 0.25) is 0 Å². The Balaban J connectivity index is 2.97. The van der Waals surface area contributed by atoms with E-state index in [2.05, 4.69) is 23.4 Å². The van der Waals surface area contributed by atoms with Crippen LogP contribution < -0.4 is 5.73 Å². The van der Waals surface area contributed by atoms with E-state index in [9.17, 15) is 0 Å². The highest BCUT2D eigenvalue weighted by molar-refractivity contribution is 5.03. The lowest BCUT2D eigenvalue weighted by Gasteiger charge is -2.07. The van der Waals surface area contributed by atoms with E-state index in [1.807, 2.05) is 13.1 Å². The number of nitrogens with two attached hydrogens (primary N) is 1. The van der Waals surface area contributed by atoms with Gasteiger partial charge in [-0.1, -0.05) is 0 Å². The summed E-state index contributed by atoms with van der Waals surface area (Å²) < 4.78 is 2.13. The lowest BCUT2D eigenvalue weighted by atomic mass is 10.4. The average Bonchev–Trinajstić information content (AvgIpc) is 2.30. The van der Waals surface area contributed by atoms with Gasteiger partial charge in [-0.05, 0) is 20.8 Å². The van der Waals surface area contributed by atoms with Crippen LogP contribution in [0.3, 0.4) is 0 Å². The first-order valence-electron chi connectivity index (χ1n) is 3.89. The van der Waals surface area contributed by atoms with Crippen molar-refractivity contribution < 1.29 is 0 Å². The Bertz CT molecular complexity index is 237. The number of aromatic nitrogens is 2. The number of aryl methyl sites for hydroxylation is 1. The monoisotopic (exact) mass is 153 g/mol. The van der Waals surface area contributed by atoms with Gasteiger partial charge in [-0.25, -0.2) is 4.98 Å². The topological polar surface area (TPSA) is 43.8 Å². The van der Waals surface area contributed by atoms with Gasteiger partial charge in [-0.3, -0.25) is 0 Å². The van der Waals surface area contributed by atoms with E-state index in [0.29, 0.717) is 12.6 Å². The number of imidazole rings is 1. The molecule has 2 N–H and O–H groups in total. The molecule has 0 aliphatic rings. The van der Waals surface area contributed by atoms with Crippen LogP contribution in [0.1, 0.15) is 31.4 Å². The molecule has 0 fully saturated rings. The molecule has 1 aromatic heterocycles. The summed E-state index contributed by atoms with van der Waals surface area (Å²) in [7, 11) is 0. The number of nitrogens with zero attached hydrogens (tertiary/aromatic N) is 2. The summed E-state index contributed by atoms with van der Waals surface area (Å²) in [6.45, 7) is 6.80. The molecular weight excluding hydrogens is 138 g/mol. The van der Waals surface area contributed by atoms with Crippen molar-refractivity contribution in [3.63, 3.8) is 0 Å². The highest BCUT2D eigenvalue weighted by Gasteiger charge is 2.04. The first-order chi connectivity index (χ1) is 5.15. The first kappa shape index (κ1) is 8.27. The Morgan fingerprint density at radius 2 is 2.27 bits per heavy atom. The van der Waals surface area contributed by atoms with Gasteiger partial charge in [-0.2, -0.15) is 0 Å². The fourth-order valence-corrected chi connectivity index (χ4v) is 1.17. The Kier molecular flexibility index (Phi) is 2.29. The second-order valence-electron chi connectivity index (χ2n) is 2.98. The molecule has 0 atom stereocenters. The largest absolute Gasteiger partial charge is 0.332 e. The van der Waals surface area contributed by atoms with E-state index in [-0.39, 0.29) is 0 Å². The Morgan fingerprint density at radius 1 is 1.64 bits per heavy atom. The number of hydrogen-bond donors (Lipinski definition) is 1. The molecule has 0 amide bonds. The quantitative estimate of drug-likeness (QED) is 0.694. The summed E-state index contributed by atoms with van der Waals surface area (Å²) in [5.41, 5.74) is 6.43. The smallest absolute Gasteiger partial charge is 0.106 e. The molecule has 0 bridgehead atoms. The molecule has 3 heteroatoms. The molecule has 62 valence electrons. The summed E-state index contributed by atoms with van der Waals surface area (Å²) >= 11 is 0.